The molecule has 0 radical (unpaired) electrons. The van der Waals surface area contributed by atoms with E-state index in [1.807, 2.05) is 24.3 Å². The zero-order valence-corrected chi connectivity index (χ0v) is 17.7. The van der Waals surface area contributed by atoms with Gasteiger partial charge in [0.25, 0.3) is 11.6 Å². The Morgan fingerprint density at radius 3 is 2.75 bits per heavy atom. The lowest BCUT2D eigenvalue weighted by molar-refractivity contribution is -0.384. The summed E-state index contributed by atoms with van der Waals surface area (Å²) in [6, 6.07) is 12.1. The Balaban J connectivity index is 1.54. The molecule has 1 atom stereocenters. The SMILES string of the molecule is COc1cccc(C(CNC(=O)c2ccc(-n3cncn3)c([N+](=O)[O-])c2)N2CCCC2)c1. The van der Waals surface area contributed by atoms with Gasteiger partial charge in [0.2, 0.25) is 0 Å². The minimum absolute atomic E-state index is 0.0130. The molecule has 32 heavy (non-hydrogen) atoms. The molecule has 1 unspecified atom stereocenters. The summed E-state index contributed by atoms with van der Waals surface area (Å²) in [5, 5.41) is 18.5. The number of ether oxygens (including phenoxy) is 1. The summed E-state index contributed by atoms with van der Waals surface area (Å²) >= 11 is 0. The number of benzene rings is 2. The molecule has 4 rings (SSSR count). The molecule has 1 N–H and O–H groups in total. The highest BCUT2D eigenvalue weighted by molar-refractivity contribution is 5.95. The lowest BCUT2D eigenvalue weighted by atomic mass is 10.0. The lowest BCUT2D eigenvalue weighted by Gasteiger charge is -2.28. The van der Waals surface area contributed by atoms with Gasteiger partial charge in [0.05, 0.1) is 18.1 Å². The predicted molar refractivity (Wildman–Crippen MR) is 117 cm³/mol. The number of nitro benzene ring substituents is 1. The minimum Gasteiger partial charge on any atom is -0.497 e. The highest BCUT2D eigenvalue weighted by Gasteiger charge is 2.25. The summed E-state index contributed by atoms with van der Waals surface area (Å²) in [5.74, 6) is 0.391. The Kier molecular flexibility index (Phi) is 6.41. The topological polar surface area (TPSA) is 115 Å². The Morgan fingerprint density at radius 2 is 2.06 bits per heavy atom. The van der Waals surface area contributed by atoms with Crippen LogP contribution in [0.4, 0.5) is 5.69 Å². The standard InChI is InChI=1S/C22H24N6O4/c1-32-18-6-4-5-16(11-18)21(26-9-2-3-10-26)13-24-22(29)17-7-8-19(20(12-17)28(30)31)27-15-23-14-25-27/h4-8,11-12,14-15,21H,2-3,9-10,13H2,1H3,(H,24,29). The van der Waals surface area contributed by atoms with E-state index in [0.717, 1.165) is 37.2 Å². The highest BCUT2D eigenvalue weighted by Crippen LogP contribution is 2.28. The molecular weight excluding hydrogens is 412 g/mol. The maximum absolute atomic E-state index is 12.9. The second-order valence-electron chi connectivity index (χ2n) is 7.55. The number of methoxy groups -OCH3 is 1. The third-order valence-corrected chi connectivity index (χ3v) is 5.62. The summed E-state index contributed by atoms with van der Waals surface area (Å²) in [7, 11) is 1.63. The number of amides is 1. The Labute approximate surface area is 185 Å². The summed E-state index contributed by atoms with van der Waals surface area (Å²) < 4.78 is 6.66. The zero-order chi connectivity index (χ0) is 22.5. The van der Waals surface area contributed by atoms with Gasteiger partial charge in [-0.05, 0) is 55.8 Å². The first-order chi connectivity index (χ1) is 15.6. The average molecular weight is 436 g/mol. The van der Waals surface area contributed by atoms with Crippen LogP contribution in [0.5, 0.6) is 5.75 Å². The second kappa shape index (κ2) is 9.56. The second-order valence-corrected chi connectivity index (χ2v) is 7.55. The van der Waals surface area contributed by atoms with Gasteiger partial charge in [-0.25, -0.2) is 9.67 Å². The minimum atomic E-state index is -0.531. The van der Waals surface area contributed by atoms with E-state index in [0.29, 0.717) is 6.54 Å². The molecule has 1 aromatic heterocycles. The van der Waals surface area contributed by atoms with Crippen LogP contribution in [-0.2, 0) is 0 Å². The van der Waals surface area contributed by atoms with Gasteiger partial charge in [0.1, 0.15) is 24.1 Å². The van der Waals surface area contributed by atoms with Gasteiger partial charge < -0.3 is 10.1 Å². The van der Waals surface area contributed by atoms with E-state index in [1.165, 1.54) is 29.5 Å². The van der Waals surface area contributed by atoms with Crippen LogP contribution in [0, 0.1) is 10.1 Å². The third-order valence-electron chi connectivity index (χ3n) is 5.62. The third kappa shape index (κ3) is 4.59. The number of nitrogens with zero attached hydrogens (tertiary/aromatic N) is 5. The number of carbonyl (C=O) groups excluding carboxylic acids is 1. The van der Waals surface area contributed by atoms with Gasteiger partial charge in [-0.1, -0.05) is 12.1 Å². The Morgan fingerprint density at radius 1 is 1.25 bits per heavy atom. The number of hydrogen-bond acceptors (Lipinski definition) is 7. The number of aromatic nitrogens is 3. The molecule has 2 heterocycles. The van der Waals surface area contributed by atoms with E-state index < -0.39 is 4.92 Å². The van der Waals surface area contributed by atoms with Crippen LogP contribution in [0.25, 0.3) is 5.69 Å². The molecule has 3 aromatic rings. The Hall–Kier alpha value is -3.79. The van der Waals surface area contributed by atoms with E-state index in [9.17, 15) is 14.9 Å². The smallest absolute Gasteiger partial charge is 0.295 e. The molecule has 1 fully saturated rings. The zero-order valence-electron chi connectivity index (χ0n) is 17.7. The van der Waals surface area contributed by atoms with Crippen molar-refractivity contribution in [3.63, 3.8) is 0 Å². The number of nitro groups is 1. The predicted octanol–water partition coefficient (Wildman–Crippen LogP) is 2.75. The van der Waals surface area contributed by atoms with E-state index in [1.54, 1.807) is 13.2 Å². The van der Waals surface area contributed by atoms with Gasteiger partial charge in [-0.3, -0.25) is 19.8 Å². The van der Waals surface area contributed by atoms with Crippen LogP contribution in [-0.4, -0.2) is 57.2 Å². The summed E-state index contributed by atoms with van der Waals surface area (Å²) in [6.45, 7) is 2.29. The van der Waals surface area contributed by atoms with Crippen LogP contribution in [0.2, 0.25) is 0 Å². The number of carbonyl (C=O) groups is 1. The van der Waals surface area contributed by atoms with Crippen LogP contribution >= 0.6 is 0 Å². The molecule has 0 aliphatic carbocycles. The van der Waals surface area contributed by atoms with Crippen molar-refractivity contribution in [3.05, 3.63) is 76.4 Å². The van der Waals surface area contributed by atoms with Crippen molar-refractivity contribution in [1.29, 1.82) is 0 Å². The van der Waals surface area contributed by atoms with Crippen molar-refractivity contribution in [2.24, 2.45) is 0 Å². The molecule has 1 saturated heterocycles. The van der Waals surface area contributed by atoms with Gasteiger partial charge in [-0.2, -0.15) is 5.10 Å². The molecule has 0 bridgehead atoms. The molecule has 2 aromatic carbocycles. The number of nitrogens with one attached hydrogen (secondary N) is 1. The maximum Gasteiger partial charge on any atom is 0.295 e. The van der Waals surface area contributed by atoms with Crippen molar-refractivity contribution in [2.75, 3.05) is 26.7 Å². The summed E-state index contributed by atoms with van der Waals surface area (Å²) in [6.07, 6.45) is 4.90. The van der Waals surface area contributed by atoms with Crippen molar-refractivity contribution in [3.8, 4) is 11.4 Å². The fraction of sp³-hybridized carbons (Fsp3) is 0.318. The molecule has 1 amide bonds. The van der Waals surface area contributed by atoms with Gasteiger partial charge in [0, 0.05) is 18.2 Å². The van der Waals surface area contributed by atoms with Gasteiger partial charge in [0.15, 0.2) is 0 Å². The summed E-state index contributed by atoms with van der Waals surface area (Å²) in [4.78, 5) is 30.1. The van der Waals surface area contributed by atoms with E-state index >= 15 is 0 Å². The first kappa shape index (κ1) is 21.4. The largest absolute Gasteiger partial charge is 0.497 e. The van der Waals surface area contributed by atoms with Crippen molar-refractivity contribution < 1.29 is 14.5 Å². The van der Waals surface area contributed by atoms with E-state index in [-0.39, 0.29) is 28.9 Å². The lowest BCUT2D eigenvalue weighted by Crippen LogP contribution is -2.36. The maximum atomic E-state index is 12.9. The van der Waals surface area contributed by atoms with Crippen LogP contribution in [0.15, 0.2) is 55.1 Å². The molecule has 1 aliphatic heterocycles. The normalized spacial score (nSPS) is 14.8. The monoisotopic (exact) mass is 436 g/mol. The first-order valence-corrected chi connectivity index (χ1v) is 10.4. The number of rotatable bonds is 8. The fourth-order valence-electron chi connectivity index (χ4n) is 3.99. The number of hydrogen-bond donors (Lipinski definition) is 1. The van der Waals surface area contributed by atoms with Crippen LogP contribution in [0.3, 0.4) is 0 Å². The van der Waals surface area contributed by atoms with E-state index in [4.69, 9.17) is 4.74 Å². The molecule has 0 saturated carbocycles. The molecule has 0 spiro atoms. The summed E-state index contributed by atoms with van der Waals surface area (Å²) in [5.41, 5.74) is 1.30. The van der Waals surface area contributed by atoms with Gasteiger partial charge in [-0.15, -0.1) is 0 Å². The molecule has 10 nitrogen and oxygen atoms in total. The van der Waals surface area contributed by atoms with Crippen molar-refractivity contribution in [1.82, 2.24) is 25.0 Å². The fourth-order valence-corrected chi connectivity index (χ4v) is 3.99. The molecule has 10 heteroatoms. The van der Waals surface area contributed by atoms with E-state index in [2.05, 4.69) is 20.3 Å². The van der Waals surface area contributed by atoms with Gasteiger partial charge >= 0.3 is 0 Å². The quantitative estimate of drug-likeness (QED) is 0.426. The molecular formula is C22H24N6O4. The first-order valence-electron chi connectivity index (χ1n) is 10.4. The van der Waals surface area contributed by atoms with Crippen molar-refractivity contribution in [2.45, 2.75) is 18.9 Å². The highest BCUT2D eigenvalue weighted by atomic mass is 16.6. The Bertz CT molecular complexity index is 1100. The number of likely N-dealkylation sites (tertiary alicyclic amines) is 1. The van der Waals surface area contributed by atoms with Crippen molar-refractivity contribution >= 4 is 11.6 Å². The molecule has 1 aliphatic rings. The molecule has 166 valence electrons. The van der Waals surface area contributed by atoms with Crippen LogP contribution < -0.4 is 10.1 Å². The van der Waals surface area contributed by atoms with Crippen LogP contribution in [0.1, 0.15) is 34.8 Å². The average Bonchev–Trinajstić information content (AvgIpc) is 3.53.